The standard InChI is InChI=1S/C24H26N2O2S/c1-17-9-11-18(12-10-17)22-25-21-15-24(2,3)28-16-20(21)23(26-22)29-14-13-27-19-7-5-4-6-8-19/h4-12H,13-16H2,1-3H3. The number of rotatable bonds is 6. The monoisotopic (exact) mass is 406 g/mol. The third-order valence-corrected chi connectivity index (χ3v) is 5.88. The van der Waals surface area contributed by atoms with E-state index in [1.165, 1.54) is 5.56 Å². The summed E-state index contributed by atoms with van der Waals surface area (Å²) in [6.45, 7) is 7.50. The normalized spacial score (nSPS) is 15.0. The van der Waals surface area contributed by atoms with E-state index in [2.05, 4.69) is 45.0 Å². The fourth-order valence-electron chi connectivity index (χ4n) is 3.29. The molecule has 5 heteroatoms. The zero-order chi connectivity index (χ0) is 20.3. The number of ether oxygens (including phenoxy) is 2. The molecule has 0 radical (unpaired) electrons. The zero-order valence-corrected chi connectivity index (χ0v) is 18.0. The van der Waals surface area contributed by atoms with Gasteiger partial charge in [0.25, 0.3) is 0 Å². The third-order valence-electron chi connectivity index (χ3n) is 4.90. The summed E-state index contributed by atoms with van der Waals surface area (Å²) < 4.78 is 11.9. The Morgan fingerprint density at radius 3 is 2.55 bits per heavy atom. The van der Waals surface area contributed by atoms with Crippen molar-refractivity contribution in [1.29, 1.82) is 0 Å². The summed E-state index contributed by atoms with van der Waals surface area (Å²) in [7, 11) is 0. The van der Waals surface area contributed by atoms with Gasteiger partial charge in [0.15, 0.2) is 5.82 Å². The first-order chi connectivity index (χ1) is 14.0. The number of hydrogen-bond acceptors (Lipinski definition) is 5. The first kappa shape index (κ1) is 19.9. The van der Waals surface area contributed by atoms with Crippen LogP contribution in [0.1, 0.15) is 30.7 Å². The highest BCUT2D eigenvalue weighted by Crippen LogP contribution is 2.34. The number of benzene rings is 2. The van der Waals surface area contributed by atoms with Crippen LogP contribution in [0, 0.1) is 6.92 Å². The van der Waals surface area contributed by atoms with Gasteiger partial charge in [-0.1, -0.05) is 48.0 Å². The van der Waals surface area contributed by atoms with Gasteiger partial charge in [0.05, 0.1) is 24.5 Å². The van der Waals surface area contributed by atoms with E-state index in [9.17, 15) is 0 Å². The first-order valence-electron chi connectivity index (χ1n) is 9.92. The maximum atomic E-state index is 6.04. The molecule has 3 aromatic rings. The van der Waals surface area contributed by atoms with Crippen LogP contribution in [0.3, 0.4) is 0 Å². The second-order valence-corrected chi connectivity index (χ2v) is 8.96. The number of nitrogens with zero attached hydrogens (tertiary/aromatic N) is 2. The Morgan fingerprint density at radius 2 is 1.79 bits per heavy atom. The lowest BCUT2D eigenvalue weighted by molar-refractivity contribution is -0.0428. The molecule has 0 amide bonds. The molecule has 0 unspecified atom stereocenters. The van der Waals surface area contributed by atoms with Crippen LogP contribution in [0.2, 0.25) is 0 Å². The Hall–Kier alpha value is -2.37. The summed E-state index contributed by atoms with van der Waals surface area (Å²) >= 11 is 1.71. The van der Waals surface area contributed by atoms with E-state index in [1.54, 1.807) is 11.8 Å². The molecule has 0 fully saturated rings. The van der Waals surface area contributed by atoms with Gasteiger partial charge in [-0.15, -0.1) is 11.8 Å². The van der Waals surface area contributed by atoms with Crippen LogP contribution in [0.25, 0.3) is 11.4 Å². The molecule has 0 bridgehead atoms. The van der Waals surface area contributed by atoms with E-state index in [-0.39, 0.29) is 5.60 Å². The smallest absolute Gasteiger partial charge is 0.160 e. The second-order valence-electron chi connectivity index (χ2n) is 7.88. The van der Waals surface area contributed by atoms with Gasteiger partial charge in [0, 0.05) is 23.3 Å². The van der Waals surface area contributed by atoms with E-state index >= 15 is 0 Å². The lowest BCUT2D eigenvalue weighted by Crippen LogP contribution is -2.33. The van der Waals surface area contributed by atoms with Crippen LogP contribution in [0.4, 0.5) is 0 Å². The molecule has 150 valence electrons. The predicted octanol–water partition coefficient (Wildman–Crippen LogP) is 5.47. The van der Waals surface area contributed by atoms with Crippen molar-refractivity contribution in [1.82, 2.24) is 9.97 Å². The van der Waals surface area contributed by atoms with Crippen LogP contribution < -0.4 is 4.74 Å². The predicted molar refractivity (Wildman–Crippen MR) is 117 cm³/mol. The molecule has 2 aromatic carbocycles. The van der Waals surface area contributed by atoms with Gasteiger partial charge in [0.2, 0.25) is 0 Å². The molecular formula is C24H26N2O2S. The largest absolute Gasteiger partial charge is 0.493 e. The van der Waals surface area contributed by atoms with Gasteiger partial charge >= 0.3 is 0 Å². The SMILES string of the molecule is Cc1ccc(-c2nc3c(c(SCCOc4ccccc4)n2)COC(C)(C)C3)cc1. The maximum absolute atomic E-state index is 6.04. The minimum absolute atomic E-state index is 0.204. The van der Waals surface area contributed by atoms with Crippen molar-refractivity contribution in [3.8, 4) is 17.1 Å². The van der Waals surface area contributed by atoms with Gasteiger partial charge in [-0.3, -0.25) is 0 Å². The molecule has 1 aliphatic heterocycles. The molecule has 1 aromatic heterocycles. The third kappa shape index (κ3) is 4.98. The summed E-state index contributed by atoms with van der Waals surface area (Å²) in [5, 5.41) is 0.998. The quantitative estimate of drug-likeness (QED) is 0.308. The highest BCUT2D eigenvalue weighted by atomic mass is 32.2. The van der Waals surface area contributed by atoms with E-state index in [1.807, 2.05) is 30.3 Å². The van der Waals surface area contributed by atoms with Gasteiger partial charge < -0.3 is 9.47 Å². The number of aromatic nitrogens is 2. The van der Waals surface area contributed by atoms with E-state index < -0.39 is 0 Å². The van der Waals surface area contributed by atoms with Crippen LogP contribution in [0.5, 0.6) is 5.75 Å². The molecule has 0 aliphatic carbocycles. The average Bonchev–Trinajstić information content (AvgIpc) is 2.71. The minimum atomic E-state index is -0.204. The first-order valence-corrected chi connectivity index (χ1v) is 10.9. The number of hydrogen-bond donors (Lipinski definition) is 0. The lowest BCUT2D eigenvalue weighted by atomic mass is 9.96. The molecule has 0 atom stereocenters. The van der Waals surface area contributed by atoms with E-state index in [0.29, 0.717) is 13.2 Å². The Balaban J connectivity index is 1.56. The number of fused-ring (bicyclic) bond motifs is 1. The molecule has 29 heavy (non-hydrogen) atoms. The molecule has 4 nitrogen and oxygen atoms in total. The fourth-order valence-corrected chi connectivity index (χ4v) is 4.15. The molecule has 2 heterocycles. The maximum Gasteiger partial charge on any atom is 0.160 e. The summed E-state index contributed by atoms with van der Waals surface area (Å²) in [5.41, 5.74) is 4.28. The van der Waals surface area contributed by atoms with Crippen LogP contribution in [0.15, 0.2) is 59.6 Å². The van der Waals surface area contributed by atoms with E-state index in [4.69, 9.17) is 19.4 Å². The van der Waals surface area contributed by atoms with Crippen LogP contribution in [-0.2, 0) is 17.8 Å². The Bertz CT molecular complexity index is 972. The minimum Gasteiger partial charge on any atom is -0.493 e. The summed E-state index contributed by atoms with van der Waals surface area (Å²) in [6, 6.07) is 18.3. The van der Waals surface area contributed by atoms with Crippen LogP contribution in [-0.4, -0.2) is 27.9 Å². The molecule has 0 saturated carbocycles. The van der Waals surface area contributed by atoms with Crippen LogP contribution >= 0.6 is 11.8 Å². The molecular weight excluding hydrogens is 380 g/mol. The molecule has 4 rings (SSSR count). The van der Waals surface area contributed by atoms with Crippen molar-refractivity contribution >= 4 is 11.8 Å². The van der Waals surface area contributed by atoms with Crippen molar-refractivity contribution in [2.24, 2.45) is 0 Å². The Morgan fingerprint density at radius 1 is 1.03 bits per heavy atom. The second kappa shape index (κ2) is 8.56. The van der Waals surface area contributed by atoms with E-state index in [0.717, 1.165) is 45.6 Å². The van der Waals surface area contributed by atoms with Crippen molar-refractivity contribution in [3.05, 3.63) is 71.4 Å². The van der Waals surface area contributed by atoms with Crippen molar-refractivity contribution < 1.29 is 9.47 Å². The Kier molecular flexibility index (Phi) is 5.88. The molecule has 1 aliphatic rings. The van der Waals surface area contributed by atoms with Gasteiger partial charge in [0.1, 0.15) is 10.8 Å². The van der Waals surface area contributed by atoms with Crippen molar-refractivity contribution in [2.75, 3.05) is 12.4 Å². The lowest BCUT2D eigenvalue weighted by Gasteiger charge is -2.32. The highest BCUT2D eigenvalue weighted by molar-refractivity contribution is 7.99. The van der Waals surface area contributed by atoms with Crippen molar-refractivity contribution in [3.63, 3.8) is 0 Å². The summed E-state index contributed by atoms with van der Waals surface area (Å²) in [4.78, 5) is 9.80. The van der Waals surface area contributed by atoms with Gasteiger partial charge in [-0.25, -0.2) is 9.97 Å². The topological polar surface area (TPSA) is 44.2 Å². The average molecular weight is 407 g/mol. The Labute approximate surface area is 176 Å². The van der Waals surface area contributed by atoms with Crippen molar-refractivity contribution in [2.45, 2.75) is 44.4 Å². The summed E-state index contributed by atoms with van der Waals surface area (Å²) in [5.74, 6) is 2.49. The fraction of sp³-hybridized carbons (Fsp3) is 0.333. The molecule has 0 saturated heterocycles. The summed E-state index contributed by atoms with van der Waals surface area (Å²) in [6.07, 6.45) is 0.789. The number of thioether (sulfide) groups is 1. The highest BCUT2D eigenvalue weighted by Gasteiger charge is 2.30. The van der Waals surface area contributed by atoms with Gasteiger partial charge in [-0.2, -0.15) is 0 Å². The molecule has 0 N–H and O–H groups in total. The zero-order valence-electron chi connectivity index (χ0n) is 17.1. The van der Waals surface area contributed by atoms with Gasteiger partial charge in [-0.05, 0) is 32.9 Å². The number of para-hydroxylation sites is 1. The number of aryl methyl sites for hydroxylation is 1. The molecule has 0 spiro atoms.